The van der Waals surface area contributed by atoms with Crippen LogP contribution < -0.4 is 10.6 Å². The molecule has 3 amide bonds. The van der Waals surface area contributed by atoms with Gasteiger partial charge in [-0.25, -0.2) is 14.2 Å². The quantitative estimate of drug-likeness (QED) is 0.564. The Morgan fingerprint density at radius 1 is 1.21 bits per heavy atom. The first-order valence-electron chi connectivity index (χ1n) is 9.57. The van der Waals surface area contributed by atoms with Crippen LogP contribution in [0.4, 0.5) is 14.9 Å². The Balaban J connectivity index is 2.01. The van der Waals surface area contributed by atoms with E-state index in [9.17, 15) is 14.0 Å². The molecule has 0 bridgehead atoms. The summed E-state index contributed by atoms with van der Waals surface area (Å²) in [5.41, 5.74) is 0.777. The van der Waals surface area contributed by atoms with E-state index in [-0.39, 0.29) is 11.9 Å². The van der Waals surface area contributed by atoms with Gasteiger partial charge in [-0.2, -0.15) is 0 Å². The lowest BCUT2D eigenvalue weighted by Gasteiger charge is -2.22. The molecule has 0 aliphatic heterocycles. The van der Waals surface area contributed by atoms with Crippen molar-refractivity contribution in [1.29, 1.82) is 0 Å². The molecule has 0 atom stereocenters. The maximum Gasteiger partial charge on any atom is 0.322 e. The first-order valence-corrected chi connectivity index (χ1v) is 10.5. The molecule has 0 saturated heterocycles. The van der Waals surface area contributed by atoms with Crippen LogP contribution in [0, 0.1) is 5.82 Å². The number of anilines is 1. The van der Waals surface area contributed by atoms with Crippen molar-refractivity contribution in [2.24, 2.45) is 0 Å². The predicted octanol–water partition coefficient (Wildman–Crippen LogP) is 4.65. The second-order valence-electron chi connectivity index (χ2n) is 6.45. The van der Waals surface area contributed by atoms with Crippen LogP contribution in [0.2, 0.25) is 0 Å². The van der Waals surface area contributed by atoms with Gasteiger partial charge < -0.3 is 15.5 Å². The smallest absolute Gasteiger partial charge is 0.322 e. The van der Waals surface area contributed by atoms with Crippen LogP contribution in [0.25, 0.3) is 0 Å². The number of unbranched alkanes of at least 4 members (excludes halogenated alkanes) is 2. The Bertz CT molecular complexity index is 781. The Morgan fingerprint density at radius 2 is 2.00 bits per heavy atom. The third kappa shape index (κ3) is 6.92. The van der Waals surface area contributed by atoms with E-state index in [0.717, 1.165) is 25.7 Å². The third-order valence-corrected chi connectivity index (χ3v) is 4.90. The number of aromatic nitrogens is 1. The third-order valence-electron chi connectivity index (χ3n) is 4.07. The molecule has 152 valence electrons. The van der Waals surface area contributed by atoms with E-state index < -0.39 is 5.82 Å². The van der Waals surface area contributed by atoms with Gasteiger partial charge in [0.15, 0.2) is 0 Å². The first kappa shape index (κ1) is 21.8. The number of benzene rings is 1. The number of nitrogens with one attached hydrogen (secondary N) is 2. The van der Waals surface area contributed by atoms with Gasteiger partial charge in [0.2, 0.25) is 0 Å². The van der Waals surface area contributed by atoms with Crippen LogP contribution in [0.3, 0.4) is 0 Å². The number of halogens is 1. The fourth-order valence-corrected chi connectivity index (χ4v) is 3.28. The predicted molar refractivity (Wildman–Crippen MR) is 110 cm³/mol. The average molecular weight is 407 g/mol. The zero-order valence-electron chi connectivity index (χ0n) is 16.3. The molecule has 1 aromatic heterocycles. The van der Waals surface area contributed by atoms with Crippen molar-refractivity contribution in [3.63, 3.8) is 0 Å². The van der Waals surface area contributed by atoms with Crippen LogP contribution in [-0.2, 0) is 6.54 Å². The Labute approximate surface area is 169 Å². The number of hydrogen-bond acceptors (Lipinski definition) is 4. The second kappa shape index (κ2) is 11.4. The zero-order chi connectivity index (χ0) is 20.4. The number of thiazole rings is 1. The highest BCUT2D eigenvalue weighted by Gasteiger charge is 2.17. The molecule has 8 heteroatoms. The van der Waals surface area contributed by atoms with Crippen molar-refractivity contribution in [2.45, 2.75) is 46.1 Å². The molecule has 0 unspecified atom stereocenters. The van der Waals surface area contributed by atoms with Gasteiger partial charge in [0.05, 0.1) is 6.54 Å². The van der Waals surface area contributed by atoms with Gasteiger partial charge in [0.1, 0.15) is 16.5 Å². The molecule has 0 radical (unpaired) electrons. The van der Waals surface area contributed by atoms with Gasteiger partial charge in [-0.05, 0) is 31.0 Å². The van der Waals surface area contributed by atoms with Crippen molar-refractivity contribution >= 4 is 29.0 Å². The van der Waals surface area contributed by atoms with E-state index in [1.165, 1.54) is 23.5 Å². The molecule has 2 aromatic rings. The lowest BCUT2D eigenvalue weighted by atomic mass is 10.3. The summed E-state index contributed by atoms with van der Waals surface area (Å²) in [6, 6.07) is 5.47. The van der Waals surface area contributed by atoms with Crippen LogP contribution in [-0.4, -0.2) is 34.9 Å². The summed E-state index contributed by atoms with van der Waals surface area (Å²) in [6.45, 7) is 5.59. The van der Waals surface area contributed by atoms with E-state index in [1.807, 2.05) is 6.92 Å². The highest BCUT2D eigenvalue weighted by Crippen LogP contribution is 2.15. The summed E-state index contributed by atoms with van der Waals surface area (Å²) < 4.78 is 13.3. The molecule has 0 spiro atoms. The minimum atomic E-state index is -0.406. The van der Waals surface area contributed by atoms with E-state index >= 15 is 0 Å². The Kier molecular flexibility index (Phi) is 8.87. The summed E-state index contributed by atoms with van der Waals surface area (Å²) in [7, 11) is 0. The second-order valence-corrected chi connectivity index (χ2v) is 7.39. The zero-order valence-corrected chi connectivity index (χ0v) is 17.2. The highest BCUT2D eigenvalue weighted by atomic mass is 32.1. The Hall–Kier alpha value is -2.48. The number of carbonyl (C=O) groups excluding carboxylic acids is 2. The van der Waals surface area contributed by atoms with Crippen molar-refractivity contribution < 1.29 is 14.0 Å². The number of carbonyl (C=O) groups is 2. The fourth-order valence-electron chi connectivity index (χ4n) is 2.49. The lowest BCUT2D eigenvalue weighted by Crippen LogP contribution is -2.35. The van der Waals surface area contributed by atoms with E-state index in [1.54, 1.807) is 22.4 Å². The van der Waals surface area contributed by atoms with E-state index in [4.69, 9.17) is 0 Å². The SMILES string of the molecule is CCCCNC(=O)c1csc(CN(CCCC)C(=O)Nc2cccc(F)c2)n1. The lowest BCUT2D eigenvalue weighted by molar-refractivity contribution is 0.0948. The van der Waals surface area contributed by atoms with Crippen LogP contribution in [0.15, 0.2) is 29.6 Å². The maximum atomic E-state index is 13.3. The largest absolute Gasteiger partial charge is 0.351 e. The Morgan fingerprint density at radius 3 is 2.71 bits per heavy atom. The number of hydrogen-bond donors (Lipinski definition) is 2. The van der Waals surface area contributed by atoms with Crippen molar-refractivity contribution in [3.8, 4) is 0 Å². The summed E-state index contributed by atoms with van der Waals surface area (Å²) in [6.07, 6.45) is 3.71. The highest BCUT2D eigenvalue weighted by molar-refractivity contribution is 7.09. The number of amides is 3. The fraction of sp³-hybridized carbons (Fsp3) is 0.450. The summed E-state index contributed by atoms with van der Waals surface area (Å²) in [4.78, 5) is 30.7. The average Bonchev–Trinajstić information content (AvgIpc) is 3.14. The molecule has 6 nitrogen and oxygen atoms in total. The normalized spacial score (nSPS) is 10.5. The maximum absolute atomic E-state index is 13.3. The van der Waals surface area contributed by atoms with Crippen molar-refractivity contribution in [3.05, 3.63) is 46.2 Å². The first-order chi connectivity index (χ1) is 13.5. The molecule has 1 aromatic carbocycles. The van der Waals surface area contributed by atoms with Crippen molar-refractivity contribution in [2.75, 3.05) is 18.4 Å². The minimum Gasteiger partial charge on any atom is -0.351 e. The summed E-state index contributed by atoms with van der Waals surface area (Å²) >= 11 is 1.35. The number of rotatable bonds is 10. The number of urea groups is 1. The van der Waals surface area contributed by atoms with E-state index in [0.29, 0.717) is 36.0 Å². The van der Waals surface area contributed by atoms with Crippen LogP contribution in [0.1, 0.15) is 55.0 Å². The summed E-state index contributed by atoms with van der Waals surface area (Å²) in [5, 5.41) is 7.95. The molecule has 0 aliphatic carbocycles. The van der Waals surface area contributed by atoms with Gasteiger partial charge in [-0.3, -0.25) is 4.79 Å². The van der Waals surface area contributed by atoms with Gasteiger partial charge in [-0.15, -0.1) is 11.3 Å². The molecule has 1 heterocycles. The van der Waals surface area contributed by atoms with Gasteiger partial charge in [-0.1, -0.05) is 32.8 Å². The standard InChI is InChI=1S/C20H27FN4O2S/c1-3-5-10-22-19(26)17-14-28-18(24-17)13-25(11-6-4-2)20(27)23-16-9-7-8-15(21)12-16/h7-9,12,14H,3-6,10-11,13H2,1-2H3,(H,22,26)(H,23,27). The van der Waals surface area contributed by atoms with Gasteiger partial charge in [0, 0.05) is 24.2 Å². The molecule has 2 rings (SSSR count). The molecule has 0 fully saturated rings. The minimum absolute atomic E-state index is 0.194. The topological polar surface area (TPSA) is 74.3 Å². The van der Waals surface area contributed by atoms with Gasteiger partial charge >= 0.3 is 6.03 Å². The molecule has 0 aliphatic rings. The number of nitrogens with zero attached hydrogens (tertiary/aromatic N) is 2. The molecule has 0 saturated carbocycles. The van der Waals surface area contributed by atoms with Gasteiger partial charge in [0.25, 0.3) is 5.91 Å². The molecular weight excluding hydrogens is 379 g/mol. The molecular formula is C20H27FN4O2S. The van der Waals surface area contributed by atoms with Crippen LogP contribution in [0.5, 0.6) is 0 Å². The van der Waals surface area contributed by atoms with Crippen molar-refractivity contribution in [1.82, 2.24) is 15.2 Å². The molecule has 28 heavy (non-hydrogen) atoms. The summed E-state index contributed by atoms with van der Waals surface area (Å²) in [5.74, 6) is -0.600. The molecule has 2 N–H and O–H groups in total. The van der Waals surface area contributed by atoms with E-state index in [2.05, 4.69) is 22.5 Å². The monoisotopic (exact) mass is 406 g/mol. The van der Waals surface area contributed by atoms with Crippen LogP contribution >= 0.6 is 11.3 Å².